The highest BCUT2D eigenvalue weighted by Crippen LogP contribution is 2.34. The monoisotopic (exact) mass is 256 g/mol. The molecule has 1 aliphatic carbocycles. The van der Waals surface area contributed by atoms with Gasteiger partial charge in [0.2, 0.25) is 5.91 Å². The minimum Gasteiger partial charge on any atom is -0.481 e. The fourth-order valence-corrected chi connectivity index (χ4v) is 1.85. The quantitative estimate of drug-likeness (QED) is 0.638. The SMILES string of the molecule is CC(C)(C)NCCC(=O)NC(CC(=O)O)C1CC1. The fraction of sp³-hybridized carbons (Fsp3) is 0.846. The lowest BCUT2D eigenvalue weighted by atomic mass is 10.1. The van der Waals surface area contributed by atoms with Crippen molar-refractivity contribution in [2.24, 2.45) is 5.92 Å². The van der Waals surface area contributed by atoms with E-state index in [0.717, 1.165) is 12.8 Å². The summed E-state index contributed by atoms with van der Waals surface area (Å²) in [6.07, 6.45) is 2.47. The van der Waals surface area contributed by atoms with Crippen LogP contribution in [0.15, 0.2) is 0 Å². The third-order valence-corrected chi connectivity index (χ3v) is 2.94. The predicted octanol–water partition coefficient (Wildman–Crippen LogP) is 1.13. The van der Waals surface area contributed by atoms with E-state index in [0.29, 0.717) is 18.9 Å². The summed E-state index contributed by atoms with van der Waals surface area (Å²) in [5, 5.41) is 14.9. The summed E-state index contributed by atoms with van der Waals surface area (Å²) >= 11 is 0. The van der Waals surface area contributed by atoms with Crippen LogP contribution in [-0.2, 0) is 9.59 Å². The van der Waals surface area contributed by atoms with Gasteiger partial charge in [0.15, 0.2) is 0 Å². The Balaban J connectivity index is 2.26. The van der Waals surface area contributed by atoms with Gasteiger partial charge in [-0.3, -0.25) is 9.59 Å². The average molecular weight is 256 g/mol. The van der Waals surface area contributed by atoms with Gasteiger partial charge < -0.3 is 15.7 Å². The van der Waals surface area contributed by atoms with Crippen molar-refractivity contribution < 1.29 is 14.7 Å². The second-order valence-electron chi connectivity index (χ2n) is 6.04. The third kappa shape index (κ3) is 6.59. The zero-order valence-electron chi connectivity index (χ0n) is 11.5. The first-order chi connectivity index (χ1) is 8.28. The molecule has 0 aromatic carbocycles. The Kier molecular flexibility index (Phi) is 5.14. The summed E-state index contributed by atoms with van der Waals surface area (Å²) in [4.78, 5) is 22.4. The summed E-state index contributed by atoms with van der Waals surface area (Å²) in [7, 11) is 0. The van der Waals surface area contributed by atoms with Crippen LogP contribution >= 0.6 is 0 Å². The van der Waals surface area contributed by atoms with Crippen molar-refractivity contribution in [3.8, 4) is 0 Å². The van der Waals surface area contributed by atoms with Crippen molar-refractivity contribution in [1.29, 1.82) is 0 Å². The molecule has 104 valence electrons. The predicted molar refractivity (Wildman–Crippen MR) is 69.3 cm³/mol. The van der Waals surface area contributed by atoms with Gasteiger partial charge in [-0.25, -0.2) is 0 Å². The van der Waals surface area contributed by atoms with Gasteiger partial charge in [0, 0.05) is 24.5 Å². The van der Waals surface area contributed by atoms with Gasteiger partial charge in [-0.15, -0.1) is 0 Å². The van der Waals surface area contributed by atoms with Crippen molar-refractivity contribution in [3.63, 3.8) is 0 Å². The third-order valence-electron chi connectivity index (χ3n) is 2.94. The van der Waals surface area contributed by atoms with Crippen LogP contribution in [0.1, 0.15) is 46.5 Å². The standard InChI is InChI=1S/C13H24N2O3/c1-13(2,3)14-7-6-11(16)15-10(8-12(17)18)9-4-5-9/h9-10,14H,4-8H2,1-3H3,(H,15,16)(H,17,18). The van der Waals surface area contributed by atoms with Gasteiger partial charge in [0.25, 0.3) is 0 Å². The number of carboxylic acids is 1. The molecule has 0 heterocycles. The normalized spacial score (nSPS) is 17.3. The highest BCUT2D eigenvalue weighted by Gasteiger charge is 2.33. The lowest BCUT2D eigenvalue weighted by molar-refractivity contribution is -0.137. The second-order valence-corrected chi connectivity index (χ2v) is 6.04. The number of rotatable bonds is 7. The number of hydrogen-bond acceptors (Lipinski definition) is 3. The highest BCUT2D eigenvalue weighted by atomic mass is 16.4. The van der Waals surface area contributed by atoms with Crippen LogP contribution in [0.25, 0.3) is 0 Å². The maximum Gasteiger partial charge on any atom is 0.305 e. The molecule has 1 saturated carbocycles. The molecule has 0 bridgehead atoms. The molecule has 1 amide bonds. The molecule has 1 fully saturated rings. The number of hydrogen-bond donors (Lipinski definition) is 3. The van der Waals surface area contributed by atoms with Crippen LogP contribution in [0.3, 0.4) is 0 Å². The van der Waals surface area contributed by atoms with E-state index in [-0.39, 0.29) is 23.9 Å². The molecule has 1 atom stereocenters. The molecule has 0 radical (unpaired) electrons. The van der Waals surface area contributed by atoms with Crippen LogP contribution < -0.4 is 10.6 Å². The number of carbonyl (C=O) groups excluding carboxylic acids is 1. The van der Waals surface area contributed by atoms with Crippen molar-refractivity contribution in [3.05, 3.63) is 0 Å². The average Bonchev–Trinajstić information content (AvgIpc) is 2.96. The number of aliphatic carboxylic acids is 1. The molecule has 0 aromatic rings. The zero-order chi connectivity index (χ0) is 13.8. The van der Waals surface area contributed by atoms with Crippen LogP contribution in [-0.4, -0.2) is 35.1 Å². The molecule has 0 aliphatic heterocycles. The molecule has 18 heavy (non-hydrogen) atoms. The van der Waals surface area contributed by atoms with Gasteiger partial charge >= 0.3 is 5.97 Å². The van der Waals surface area contributed by atoms with Gasteiger partial charge in [0.1, 0.15) is 0 Å². The van der Waals surface area contributed by atoms with Crippen molar-refractivity contribution >= 4 is 11.9 Å². The Hall–Kier alpha value is -1.10. The summed E-state index contributed by atoms with van der Waals surface area (Å²) in [6.45, 7) is 6.74. The van der Waals surface area contributed by atoms with Gasteiger partial charge in [-0.2, -0.15) is 0 Å². The van der Waals surface area contributed by atoms with E-state index in [4.69, 9.17) is 5.11 Å². The molecule has 1 rings (SSSR count). The van der Waals surface area contributed by atoms with Crippen LogP contribution in [0.5, 0.6) is 0 Å². The molecule has 3 N–H and O–H groups in total. The first-order valence-corrected chi connectivity index (χ1v) is 6.54. The molecule has 1 unspecified atom stereocenters. The molecule has 5 nitrogen and oxygen atoms in total. The summed E-state index contributed by atoms with van der Waals surface area (Å²) in [5.74, 6) is -0.550. The maximum atomic E-state index is 11.7. The van der Waals surface area contributed by atoms with E-state index in [2.05, 4.69) is 10.6 Å². The van der Waals surface area contributed by atoms with E-state index < -0.39 is 5.97 Å². The Labute approximate surface area is 108 Å². The molecular formula is C13H24N2O3. The molecule has 0 saturated heterocycles. The van der Waals surface area contributed by atoms with Crippen molar-refractivity contribution in [2.75, 3.05) is 6.54 Å². The van der Waals surface area contributed by atoms with E-state index >= 15 is 0 Å². The Morgan fingerprint density at radius 3 is 2.39 bits per heavy atom. The van der Waals surface area contributed by atoms with Gasteiger partial charge in [0.05, 0.1) is 6.42 Å². The molecule has 0 spiro atoms. The number of carboxylic acid groups (broad SMARTS) is 1. The lowest BCUT2D eigenvalue weighted by Gasteiger charge is -2.21. The Morgan fingerprint density at radius 1 is 1.33 bits per heavy atom. The minimum absolute atomic E-state index is 0.00274. The first kappa shape index (κ1) is 15.0. The molecule has 5 heteroatoms. The van der Waals surface area contributed by atoms with Gasteiger partial charge in [-0.1, -0.05) is 0 Å². The molecule has 1 aliphatic rings. The van der Waals surface area contributed by atoms with Crippen LogP contribution in [0, 0.1) is 5.92 Å². The van der Waals surface area contributed by atoms with E-state index in [1.165, 1.54) is 0 Å². The molecular weight excluding hydrogens is 232 g/mol. The van der Waals surface area contributed by atoms with E-state index in [1.54, 1.807) is 0 Å². The van der Waals surface area contributed by atoms with E-state index in [9.17, 15) is 9.59 Å². The van der Waals surface area contributed by atoms with Crippen LogP contribution in [0.4, 0.5) is 0 Å². The summed E-state index contributed by atoms with van der Waals surface area (Å²) in [5.41, 5.74) is -0.00274. The Bertz CT molecular complexity index is 306. The second kappa shape index (κ2) is 6.18. The van der Waals surface area contributed by atoms with Crippen LogP contribution in [0.2, 0.25) is 0 Å². The summed E-state index contributed by atoms with van der Waals surface area (Å²) < 4.78 is 0. The summed E-state index contributed by atoms with van der Waals surface area (Å²) in [6, 6.07) is -0.190. The smallest absolute Gasteiger partial charge is 0.305 e. The highest BCUT2D eigenvalue weighted by molar-refractivity contribution is 5.77. The Morgan fingerprint density at radius 2 is 1.94 bits per heavy atom. The number of nitrogens with one attached hydrogen (secondary N) is 2. The van der Waals surface area contributed by atoms with Gasteiger partial charge in [-0.05, 0) is 39.5 Å². The number of amides is 1. The van der Waals surface area contributed by atoms with Crippen molar-refractivity contribution in [2.45, 2.75) is 58.0 Å². The maximum absolute atomic E-state index is 11.7. The molecule has 0 aromatic heterocycles. The lowest BCUT2D eigenvalue weighted by Crippen LogP contribution is -2.42. The van der Waals surface area contributed by atoms with E-state index in [1.807, 2.05) is 20.8 Å². The fourth-order valence-electron chi connectivity index (χ4n) is 1.85. The minimum atomic E-state index is -0.847. The topological polar surface area (TPSA) is 78.4 Å². The number of carbonyl (C=O) groups is 2. The zero-order valence-corrected chi connectivity index (χ0v) is 11.5. The van der Waals surface area contributed by atoms with Crippen molar-refractivity contribution in [1.82, 2.24) is 10.6 Å². The largest absolute Gasteiger partial charge is 0.481 e. The first-order valence-electron chi connectivity index (χ1n) is 6.54.